The maximum Gasteiger partial charge on any atom is 0.416 e. The van der Waals surface area contributed by atoms with Gasteiger partial charge in [-0.3, -0.25) is 4.79 Å². The third kappa shape index (κ3) is 4.92. The molecule has 2 aliphatic rings. The van der Waals surface area contributed by atoms with Crippen LogP contribution in [0.5, 0.6) is 0 Å². The van der Waals surface area contributed by atoms with Crippen molar-refractivity contribution in [1.29, 1.82) is 0 Å². The van der Waals surface area contributed by atoms with E-state index in [2.05, 4.69) is 23.8 Å². The fourth-order valence-corrected chi connectivity index (χ4v) is 4.53. The number of benzene rings is 1. The van der Waals surface area contributed by atoms with Crippen LogP contribution in [0.25, 0.3) is 0 Å². The number of likely N-dealkylation sites (N-methyl/N-ethyl adjacent to an activating group) is 1. The van der Waals surface area contributed by atoms with Crippen LogP contribution in [0, 0.1) is 11.8 Å². The number of carbonyl (C=O) groups is 1. The second-order valence-corrected chi connectivity index (χ2v) is 8.22. The molecule has 0 radical (unpaired) electrons. The maximum absolute atomic E-state index is 13.0. The van der Waals surface area contributed by atoms with E-state index in [-0.39, 0.29) is 36.0 Å². The number of piperazine rings is 1. The highest BCUT2D eigenvalue weighted by Gasteiger charge is 2.43. The molecule has 0 unspecified atom stereocenters. The van der Waals surface area contributed by atoms with Crippen molar-refractivity contribution >= 4 is 5.91 Å². The molecular weight excluding hydrogens is 383 g/mol. The maximum atomic E-state index is 13.0. The summed E-state index contributed by atoms with van der Waals surface area (Å²) in [5, 5.41) is 10.1. The highest BCUT2D eigenvalue weighted by molar-refractivity contribution is 5.94. The van der Waals surface area contributed by atoms with Crippen LogP contribution in [0.4, 0.5) is 13.2 Å². The molecule has 1 aromatic carbocycles. The lowest BCUT2D eigenvalue weighted by Gasteiger charge is -2.36. The molecule has 0 bridgehead atoms. The molecule has 2 aliphatic heterocycles. The molecule has 2 saturated heterocycles. The average Bonchev–Trinajstić information content (AvgIpc) is 3.06. The van der Waals surface area contributed by atoms with Crippen molar-refractivity contribution in [2.75, 3.05) is 52.9 Å². The molecule has 3 rings (SSSR count). The fourth-order valence-electron chi connectivity index (χ4n) is 4.53. The Labute approximate surface area is 170 Å². The molecular formula is C21H30F3N3O2. The second kappa shape index (κ2) is 9.02. The van der Waals surface area contributed by atoms with Crippen molar-refractivity contribution in [1.82, 2.24) is 14.7 Å². The number of carbonyl (C=O) groups excluding carboxylic acids is 1. The zero-order valence-corrected chi connectivity index (χ0v) is 17.0. The van der Waals surface area contributed by atoms with Crippen LogP contribution >= 0.6 is 0 Å². The van der Waals surface area contributed by atoms with E-state index in [1.807, 2.05) is 0 Å². The third-order valence-corrected chi connectivity index (χ3v) is 6.43. The lowest BCUT2D eigenvalue weighted by Crippen LogP contribution is -2.49. The first-order valence-electron chi connectivity index (χ1n) is 10.2. The number of rotatable bonds is 5. The first-order chi connectivity index (χ1) is 13.7. The van der Waals surface area contributed by atoms with Crippen molar-refractivity contribution in [2.24, 2.45) is 11.8 Å². The van der Waals surface area contributed by atoms with Crippen LogP contribution in [-0.4, -0.2) is 84.7 Å². The number of halogens is 3. The number of amides is 1. The quantitative estimate of drug-likeness (QED) is 0.806. The zero-order chi connectivity index (χ0) is 21.2. The number of alkyl halides is 3. The molecule has 0 saturated carbocycles. The Hall–Kier alpha value is -1.64. The lowest BCUT2D eigenvalue weighted by molar-refractivity contribution is -0.137. The predicted molar refractivity (Wildman–Crippen MR) is 105 cm³/mol. The first kappa shape index (κ1) is 22.1. The van der Waals surface area contributed by atoms with Crippen LogP contribution in [0.1, 0.15) is 29.3 Å². The van der Waals surface area contributed by atoms with E-state index in [1.165, 1.54) is 12.1 Å². The van der Waals surface area contributed by atoms with Gasteiger partial charge in [0.15, 0.2) is 0 Å². The summed E-state index contributed by atoms with van der Waals surface area (Å²) in [6, 6.07) is 4.03. The summed E-state index contributed by atoms with van der Waals surface area (Å²) >= 11 is 0. The van der Waals surface area contributed by atoms with Crippen LogP contribution in [0.2, 0.25) is 0 Å². The number of hydrogen-bond donors (Lipinski definition) is 1. The topological polar surface area (TPSA) is 47.0 Å². The van der Waals surface area contributed by atoms with Gasteiger partial charge in [0.2, 0.25) is 0 Å². The summed E-state index contributed by atoms with van der Waals surface area (Å²) in [5.41, 5.74) is -0.542. The monoisotopic (exact) mass is 413 g/mol. The van der Waals surface area contributed by atoms with Crippen LogP contribution < -0.4 is 0 Å². The predicted octanol–water partition coefficient (Wildman–Crippen LogP) is 2.41. The van der Waals surface area contributed by atoms with Gasteiger partial charge in [0.1, 0.15) is 0 Å². The van der Waals surface area contributed by atoms with Crippen molar-refractivity contribution in [3.8, 4) is 0 Å². The van der Waals surface area contributed by atoms with Crippen molar-refractivity contribution in [3.63, 3.8) is 0 Å². The summed E-state index contributed by atoms with van der Waals surface area (Å²) < 4.78 is 38.4. The second-order valence-electron chi connectivity index (χ2n) is 8.22. The van der Waals surface area contributed by atoms with E-state index in [9.17, 15) is 23.1 Å². The van der Waals surface area contributed by atoms with Gasteiger partial charge in [-0.1, -0.05) is 13.3 Å². The first-order valence-corrected chi connectivity index (χ1v) is 10.2. The Bertz CT molecular complexity index is 687. The van der Waals surface area contributed by atoms with Gasteiger partial charge >= 0.3 is 6.18 Å². The summed E-state index contributed by atoms with van der Waals surface area (Å²) in [6.07, 6.45) is -3.53. The minimum absolute atomic E-state index is 0.138. The minimum atomic E-state index is -4.43. The standard InChI is InChI=1S/C21H30F3N3O2/c1-3-15-12-27(20(29)16-4-6-17(7-5-16)21(22,23)24)19(14-28)18(15)13-26-10-8-25(2)9-11-26/h4-7,15,18-19,28H,3,8-14H2,1-2H3/t15-,18-,19-/m1/s1. The van der Waals surface area contributed by atoms with Crippen molar-refractivity contribution in [3.05, 3.63) is 35.4 Å². The highest BCUT2D eigenvalue weighted by Crippen LogP contribution is 2.35. The van der Waals surface area contributed by atoms with Gasteiger partial charge in [-0.2, -0.15) is 13.2 Å². The molecule has 1 N–H and O–H groups in total. The summed E-state index contributed by atoms with van der Waals surface area (Å²) in [6.45, 7) is 7.24. The van der Waals surface area contributed by atoms with E-state index in [0.29, 0.717) is 6.54 Å². The van der Waals surface area contributed by atoms with Gasteiger partial charge in [0.05, 0.1) is 18.2 Å². The fraction of sp³-hybridized carbons (Fsp3) is 0.667. The Morgan fingerprint density at radius 2 is 1.76 bits per heavy atom. The smallest absolute Gasteiger partial charge is 0.394 e. The molecule has 0 aliphatic carbocycles. The van der Waals surface area contributed by atoms with Crippen molar-refractivity contribution in [2.45, 2.75) is 25.6 Å². The van der Waals surface area contributed by atoms with Gasteiger partial charge in [-0.15, -0.1) is 0 Å². The number of aliphatic hydroxyl groups excluding tert-OH is 1. The molecule has 3 atom stereocenters. The van der Waals surface area contributed by atoms with Gasteiger partial charge in [-0.25, -0.2) is 0 Å². The molecule has 0 aromatic heterocycles. The van der Waals surface area contributed by atoms with E-state index >= 15 is 0 Å². The van der Waals surface area contributed by atoms with Gasteiger partial charge < -0.3 is 19.8 Å². The third-order valence-electron chi connectivity index (χ3n) is 6.43. The average molecular weight is 413 g/mol. The van der Waals surface area contributed by atoms with Gasteiger partial charge in [0, 0.05) is 44.8 Å². The van der Waals surface area contributed by atoms with Gasteiger partial charge in [0.25, 0.3) is 5.91 Å². The number of hydrogen-bond acceptors (Lipinski definition) is 4. The molecule has 2 fully saturated rings. The Balaban J connectivity index is 1.74. The molecule has 1 aromatic rings. The summed E-state index contributed by atoms with van der Waals surface area (Å²) in [7, 11) is 2.10. The minimum Gasteiger partial charge on any atom is -0.394 e. The Morgan fingerprint density at radius 3 is 2.28 bits per heavy atom. The van der Waals surface area contributed by atoms with Gasteiger partial charge in [-0.05, 0) is 43.1 Å². The largest absolute Gasteiger partial charge is 0.416 e. The summed E-state index contributed by atoms with van der Waals surface area (Å²) in [4.78, 5) is 19.4. The Kier molecular flexibility index (Phi) is 6.86. The van der Waals surface area contributed by atoms with E-state index in [4.69, 9.17) is 0 Å². The van der Waals surface area contributed by atoms with Crippen molar-refractivity contribution < 1.29 is 23.1 Å². The van der Waals surface area contributed by atoms with E-state index in [1.54, 1.807) is 4.90 Å². The lowest BCUT2D eigenvalue weighted by atomic mass is 9.88. The zero-order valence-electron chi connectivity index (χ0n) is 17.0. The molecule has 0 spiro atoms. The molecule has 2 heterocycles. The highest BCUT2D eigenvalue weighted by atomic mass is 19.4. The Morgan fingerprint density at radius 1 is 1.14 bits per heavy atom. The molecule has 5 nitrogen and oxygen atoms in total. The summed E-state index contributed by atoms with van der Waals surface area (Å²) in [5.74, 6) is 0.120. The molecule has 29 heavy (non-hydrogen) atoms. The SMILES string of the molecule is CC[C@@H]1CN(C(=O)c2ccc(C(F)(F)F)cc2)[C@H](CO)[C@@H]1CN1CCN(C)CC1. The van der Waals surface area contributed by atoms with Crippen LogP contribution in [0.3, 0.4) is 0 Å². The number of likely N-dealkylation sites (tertiary alicyclic amines) is 1. The van der Waals surface area contributed by atoms with E-state index < -0.39 is 11.7 Å². The van der Waals surface area contributed by atoms with E-state index in [0.717, 1.165) is 51.3 Å². The molecule has 162 valence electrons. The van der Waals surface area contributed by atoms with Crippen LogP contribution in [-0.2, 0) is 6.18 Å². The van der Waals surface area contributed by atoms with Crippen LogP contribution in [0.15, 0.2) is 24.3 Å². The molecule has 1 amide bonds. The number of aliphatic hydroxyl groups is 1. The molecule has 8 heteroatoms. The number of nitrogens with zero attached hydrogens (tertiary/aromatic N) is 3. The normalized spacial score (nSPS) is 26.8.